The molecule has 0 bridgehead atoms. The van der Waals surface area contributed by atoms with Gasteiger partial charge in [-0.25, -0.2) is 0 Å². The minimum atomic E-state index is 0.926. The second-order valence-corrected chi connectivity index (χ2v) is 2.24. The van der Waals surface area contributed by atoms with Gasteiger partial charge in [0.2, 0.25) is 0 Å². The number of hydrogen-bond acceptors (Lipinski definition) is 1. The van der Waals surface area contributed by atoms with Crippen molar-refractivity contribution in [1.29, 1.82) is 0 Å². The summed E-state index contributed by atoms with van der Waals surface area (Å²) in [7, 11) is 0. The molecule has 1 aromatic rings. The summed E-state index contributed by atoms with van der Waals surface area (Å²) >= 11 is 0. The van der Waals surface area contributed by atoms with Crippen LogP contribution in [0.5, 0.6) is 0 Å². The minimum Gasteiger partial charge on any atom is -0.465 e. The van der Waals surface area contributed by atoms with Crippen LogP contribution >= 0.6 is 0 Å². The van der Waals surface area contributed by atoms with Gasteiger partial charge in [-0.1, -0.05) is 5.57 Å². The Balaban J connectivity index is 2.80. The highest BCUT2D eigenvalue weighted by atomic mass is 16.3. The molecule has 1 heteroatoms. The summed E-state index contributed by atoms with van der Waals surface area (Å²) in [6.45, 7) is 4.09. The van der Waals surface area contributed by atoms with Gasteiger partial charge in [0.1, 0.15) is 5.76 Å². The Morgan fingerprint density at radius 3 is 2.78 bits per heavy atom. The van der Waals surface area contributed by atoms with Gasteiger partial charge in [0.25, 0.3) is 0 Å². The maximum Gasteiger partial charge on any atom is 0.126 e. The summed E-state index contributed by atoms with van der Waals surface area (Å²) in [6.07, 6.45) is 3.68. The van der Waals surface area contributed by atoms with Gasteiger partial charge < -0.3 is 4.42 Å². The van der Waals surface area contributed by atoms with Crippen LogP contribution in [0, 0.1) is 0 Å². The number of rotatable bonds is 1. The average Bonchev–Trinajstić information content (AvgIpc) is 2.15. The van der Waals surface area contributed by atoms with E-state index in [4.69, 9.17) is 4.42 Å². The van der Waals surface area contributed by atoms with Crippen molar-refractivity contribution in [2.75, 3.05) is 0 Å². The Morgan fingerprint density at radius 2 is 2.33 bits per heavy atom. The molecule has 0 atom stereocenters. The fourth-order valence-electron chi connectivity index (χ4n) is 0.658. The Hall–Kier alpha value is -0.980. The van der Waals surface area contributed by atoms with E-state index in [0.29, 0.717) is 0 Å². The number of furan rings is 1. The Labute approximate surface area is 55.0 Å². The SMILES string of the molecule is CC(C)=Cc1ccco1. The van der Waals surface area contributed by atoms with Crippen LogP contribution in [0.3, 0.4) is 0 Å². The van der Waals surface area contributed by atoms with E-state index < -0.39 is 0 Å². The predicted octanol–water partition coefficient (Wildman–Crippen LogP) is 2.70. The second-order valence-electron chi connectivity index (χ2n) is 2.24. The van der Waals surface area contributed by atoms with E-state index in [1.165, 1.54) is 5.57 Å². The van der Waals surface area contributed by atoms with Crippen molar-refractivity contribution >= 4 is 6.08 Å². The lowest BCUT2D eigenvalue weighted by Crippen LogP contribution is -1.63. The molecule has 0 spiro atoms. The molecular formula is C8H10O. The molecule has 9 heavy (non-hydrogen) atoms. The maximum absolute atomic E-state index is 5.07. The third-order valence-electron chi connectivity index (χ3n) is 0.974. The van der Waals surface area contributed by atoms with Gasteiger partial charge in [-0.3, -0.25) is 0 Å². The van der Waals surface area contributed by atoms with Crippen molar-refractivity contribution in [2.24, 2.45) is 0 Å². The van der Waals surface area contributed by atoms with Crippen LogP contribution in [-0.2, 0) is 0 Å². The molecule has 1 nitrogen and oxygen atoms in total. The van der Waals surface area contributed by atoms with Crippen LogP contribution in [0.25, 0.3) is 6.08 Å². The summed E-state index contributed by atoms with van der Waals surface area (Å²) in [4.78, 5) is 0. The summed E-state index contributed by atoms with van der Waals surface area (Å²) in [5.41, 5.74) is 1.25. The van der Waals surface area contributed by atoms with Crippen molar-refractivity contribution in [3.8, 4) is 0 Å². The predicted molar refractivity (Wildman–Crippen MR) is 38.0 cm³/mol. The molecule has 1 aromatic heterocycles. The third kappa shape index (κ3) is 1.76. The molecule has 0 fully saturated rings. The van der Waals surface area contributed by atoms with Gasteiger partial charge in [0.05, 0.1) is 6.26 Å². The second kappa shape index (κ2) is 2.53. The first-order valence-corrected chi connectivity index (χ1v) is 2.97. The molecule has 0 N–H and O–H groups in total. The number of hydrogen-bond donors (Lipinski definition) is 0. The summed E-state index contributed by atoms with van der Waals surface area (Å²) in [5.74, 6) is 0.926. The molecule has 48 valence electrons. The Morgan fingerprint density at radius 1 is 1.56 bits per heavy atom. The largest absolute Gasteiger partial charge is 0.465 e. The molecular weight excluding hydrogens is 112 g/mol. The first-order chi connectivity index (χ1) is 4.29. The fraction of sp³-hybridized carbons (Fsp3) is 0.250. The fourth-order valence-corrected chi connectivity index (χ4v) is 0.658. The van der Waals surface area contributed by atoms with Crippen LogP contribution in [-0.4, -0.2) is 0 Å². The molecule has 0 aromatic carbocycles. The van der Waals surface area contributed by atoms with Crippen molar-refractivity contribution < 1.29 is 4.42 Å². The number of allylic oxidation sites excluding steroid dienone is 1. The lowest BCUT2D eigenvalue weighted by atomic mass is 10.3. The summed E-state index contributed by atoms with van der Waals surface area (Å²) < 4.78 is 5.07. The highest BCUT2D eigenvalue weighted by Gasteiger charge is 1.86. The first kappa shape index (κ1) is 6.14. The first-order valence-electron chi connectivity index (χ1n) is 2.97. The lowest BCUT2D eigenvalue weighted by Gasteiger charge is -1.84. The highest BCUT2D eigenvalue weighted by Crippen LogP contribution is 2.05. The molecule has 0 amide bonds. The highest BCUT2D eigenvalue weighted by molar-refractivity contribution is 5.45. The molecule has 0 saturated heterocycles. The van der Waals surface area contributed by atoms with E-state index in [2.05, 4.69) is 0 Å². The van der Waals surface area contributed by atoms with Crippen LogP contribution in [0.15, 0.2) is 28.4 Å². The van der Waals surface area contributed by atoms with Crippen molar-refractivity contribution in [2.45, 2.75) is 13.8 Å². The molecule has 0 saturated carbocycles. The van der Waals surface area contributed by atoms with Crippen molar-refractivity contribution in [3.63, 3.8) is 0 Å². The topological polar surface area (TPSA) is 13.1 Å². The van der Waals surface area contributed by atoms with Crippen LogP contribution in [0.2, 0.25) is 0 Å². The zero-order valence-electron chi connectivity index (χ0n) is 5.72. The molecule has 0 unspecified atom stereocenters. The lowest BCUT2D eigenvalue weighted by molar-refractivity contribution is 0.556. The van der Waals surface area contributed by atoms with Crippen LogP contribution < -0.4 is 0 Å². The smallest absolute Gasteiger partial charge is 0.126 e. The molecule has 1 heterocycles. The van der Waals surface area contributed by atoms with E-state index in [1.807, 2.05) is 32.1 Å². The van der Waals surface area contributed by atoms with E-state index >= 15 is 0 Å². The molecule has 0 aliphatic heterocycles. The Bertz CT molecular complexity index is 190. The van der Waals surface area contributed by atoms with Crippen molar-refractivity contribution in [3.05, 3.63) is 29.7 Å². The van der Waals surface area contributed by atoms with Gasteiger partial charge in [-0.2, -0.15) is 0 Å². The van der Waals surface area contributed by atoms with Crippen LogP contribution in [0.4, 0.5) is 0 Å². The zero-order valence-corrected chi connectivity index (χ0v) is 5.72. The van der Waals surface area contributed by atoms with E-state index in [-0.39, 0.29) is 0 Å². The van der Waals surface area contributed by atoms with Gasteiger partial charge in [0, 0.05) is 0 Å². The minimum absolute atomic E-state index is 0.926. The third-order valence-corrected chi connectivity index (χ3v) is 0.974. The molecule has 0 aliphatic carbocycles. The van der Waals surface area contributed by atoms with Gasteiger partial charge in [-0.05, 0) is 32.1 Å². The molecule has 1 rings (SSSR count). The molecule has 0 radical (unpaired) electrons. The summed E-state index contributed by atoms with van der Waals surface area (Å²) in [5, 5.41) is 0. The van der Waals surface area contributed by atoms with Gasteiger partial charge >= 0.3 is 0 Å². The van der Waals surface area contributed by atoms with Crippen LogP contribution in [0.1, 0.15) is 19.6 Å². The molecule has 0 aliphatic rings. The van der Waals surface area contributed by atoms with Gasteiger partial charge in [0.15, 0.2) is 0 Å². The quantitative estimate of drug-likeness (QED) is 0.558. The zero-order chi connectivity index (χ0) is 6.69. The average molecular weight is 122 g/mol. The van der Waals surface area contributed by atoms with Crippen molar-refractivity contribution in [1.82, 2.24) is 0 Å². The Kier molecular flexibility index (Phi) is 1.73. The standard InChI is InChI=1S/C8H10O/c1-7(2)6-8-4-3-5-9-8/h3-6H,1-2H3. The van der Waals surface area contributed by atoms with E-state index in [9.17, 15) is 0 Å². The summed E-state index contributed by atoms with van der Waals surface area (Å²) in [6, 6.07) is 3.82. The van der Waals surface area contributed by atoms with E-state index in [0.717, 1.165) is 5.76 Å². The van der Waals surface area contributed by atoms with E-state index in [1.54, 1.807) is 6.26 Å². The monoisotopic (exact) mass is 122 g/mol. The maximum atomic E-state index is 5.07. The van der Waals surface area contributed by atoms with Gasteiger partial charge in [-0.15, -0.1) is 0 Å². The normalized spacial score (nSPS) is 9.11.